The molecule has 154 valence electrons. The minimum absolute atomic E-state index is 0.159. The molecule has 2 aromatic rings. The van der Waals surface area contributed by atoms with Crippen LogP contribution in [0.4, 0.5) is 17.1 Å². The number of nitrogens with zero attached hydrogens (tertiary/aromatic N) is 3. The van der Waals surface area contributed by atoms with Crippen molar-refractivity contribution in [2.75, 3.05) is 18.0 Å². The van der Waals surface area contributed by atoms with Crippen LogP contribution in [0.15, 0.2) is 41.3 Å². The van der Waals surface area contributed by atoms with E-state index in [4.69, 9.17) is 11.6 Å². The van der Waals surface area contributed by atoms with Gasteiger partial charge in [-0.1, -0.05) is 17.7 Å². The molecule has 2 aromatic carbocycles. The zero-order chi connectivity index (χ0) is 21.9. The minimum atomic E-state index is -4.59. The first kappa shape index (κ1) is 22.0. The highest BCUT2D eigenvalue weighted by Crippen LogP contribution is 2.35. The van der Waals surface area contributed by atoms with E-state index in [1.807, 2.05) is 0 Å². The molecule has 0 heterocycles. The maximum Gasteiger partial charge on any atom is 0.326 e. The summed E-state index contributed by atoms with van der Waals surface area (Å²) in [5.41, 5.74) is -1.15. The first-order chi connectivity index (χ1) is 13.5. The Kier molecular flexibility index (Phi) is 6.39. The van der Waals surface area contributed by atoms with E-state index in [-0.39, 0.29) is 16.3 Å². The Morgan fingerprint density at radius 3 is 2.21 bits per heavy atom. The lowest BCUT2D eigenvalue weighted by molar-refractivity contribution is -0.385. The molecule has 0 aliphatic carbocycles. The van der Waals surface area contributed by atoms with Gasteiger partial charge in [-0.05, 0) is 18.6 Å². The first-order valence-electron chi connectivity index (χ1n) is 7.77. The lowest BCUT2D eigenvalue weighted by Crippen LogP contribution is -2.37. The van der Waals surface area contributed by atoms with Crippen LogP contribution < -0.4 is 4.31 Å². The van der Waals surface area contributed by atoms with E-state index in [2.05, 4.69) is 4.74 Å². The Morgan fingerprint density at radius 1 is 1.10 bits per heavy atom. The van der Waals surface area contributed by atoms with Gasteiger partial charge in [0, 0.05) is 24.3 Å². The summed E-state index contributed by atoms with van der Waals surface area (Å²) < 4.78 is 31.6. The van der Waals surface area contributed by atoms with Crippen molar-refractivity contribution in [2.45, 2.75) is 11.8 Å². The molecule has 13 heteroatoms. The highest BCUT2D eigenvalue weighted by atomic mass is 35.5. The number of halogens is 1. The number of esters is 1. The van der Waals surface area contributed by atoms with Crippen LogP contribution in [0, 0.1) is 27.2 Å². The van der Waals surface area contributed by atoms with Gasteiger partial charge in [0.1, 0.15) is 6.54 Å². The molecule has 0 aliphatic heterocycles. The summed E-state index contributed by atoms with van der Waals surface area (Å²) in [5, 5.41) is 22.0. The Balaban J connectivity index is 2.75. The second-order valence-electron chi connectivity index (χ2n) is 5.69. The molecular weight excluding hydrogens is 430 g/mol. The molecule has 0 radical (unpaired) electrons. The van der Waals surface area contributed by atoms with Gasteiger partial charge in [0.15, 0.2) is 0 Å². The van der Waals surface area contributed by atoms with E-state index in [0.29, 0.717) is 4.31 Å². The van der Waals surface area contributed by atoms with Crippen LogP contribution in [0.2, 0.25) is 5.02 Å². The second kappa shape index (κ2) is 8.41. The fraction of sp³-hybridized carbons (Fsp3) is 0.188. The zero-order valence-electron chi connectivity index (χ0n) is 15.1. The monoisotopic (exact) mass is 443 g/mol. The molecule has 2 rings (SSSR count). The van der Waals surface area contributed by atoms with Crippen LogP contribution in [0.3, 0.4) is 0 Å². The Labute approximate surface area is 169 Å². The average Bonchev–Trinajstić information content (AvgIpc) is 2.66. The fourth-order valence-electron chi connectivity index (χ4n) is 2.39. The van der Waals surface area contributed by atoms with Gasteiger partial charge in [0.2, 0.25) is 0 Å². The molecule has 29 heavy (non-hydrogen) atoms. The number of methoxy groups -OCH3 is 1. The number of nitro groups is 2. The lowest BCUT2D eigenvalue weighted by Gasteiger charge is -2.24. The van der Waals surface area contributed by atoms with Crippen molar-refractivity contribution in [3.63, 3.8) is 0 Å². The molecule has 11 nitrogen and oxygen atoms in total. The van der Waals surface area contributed by atoms with Crippen molar-refractivity contribution in [1.82, 2.24) is 0 Å². The number of nitro benzene ring substituents is 2. The van der Waals surface area contributed by atoms with Crippen molar-refractivity contribution >= 4 is 44.7 Å². The van der Waals surface area contributed by atoms with Gasteiger partial charge in [0.05, 0.1) is 32.6 Å². The van der Waals surface area contributed by atoms with Gasteiger partial charge in [-0.25, -0.2) is 8.42 Å². The number of aryl methyl sites for hydroxylation is 1. The normalized spacial score (nSPS) is 11.0. The van der Waals surface area contributed by atoms with Crippen LogP contribution in [-0.2, 0) is 19.6 Å². The van der Waals surface area contributed by atoms with E-state index in [1.54, 1.807) is 0 Å². The predicted molar refractivity (Wildman–Crippen MR) is 102 cm³/mol. The number of hydrogen-bond donors (Lipinski definition) is 0. The number of ether oxygens (including phenoxy) is 1. The molecule has 0 aliphatic rings. The minimum Gasteiger partial charge on any atom is -0.468 e. The summed E-state index contributed by atoms with van der Waals surface area (Å²) in [6, 6.07) is 6.24. The third-order valence-corrected chi connectivity index (χ3v) is 6.08. The maximum absolute atomic E-state index is 13.3. The van der Waals surface area contributed by atoms with Crippen molar-refractivity contribution in [2.24, 2.45) is 0 Å². The summed E-state index contributed by atoms with van der Waals surface area (Å²) in [6.45, 7) is 0.545. The Bertz CT molecular complexity index is 1100. The topological polar surface area (TPSA) is 150 Å². The molecule has 0 bridgehead atoms. The SMILES string of the molecule is COC(=O)CN(c1cc([N+](=O)[O-])ccc1Cl)S(=O)(=O)c1cc([N+](=O)[O-])ccc1C. The van der Waals surface area contributed by atoms with Gasteiger partial charge in [-0.2, -0.15) is 0 Å². The molecule has 0 N–H and O–H groups in total. The standard InChI is InChI=1S/C16H14ClN3O8S/c1-10-3-4-12(20(24)25)8-15(10)29(26,27)18(9-16(21)28-2)14-7-11(19(22)23)5-6-13(14)17/h3-8H,9H2,1-2H3. The maximum atomic E-state index is 13.3. The summed E-state index contributed by atoms with van der Waals surface area (Å²) in [5.74, 6) is -0.973. The molecule has 0 spiro atoms. The molecule has 0 fully saturated rings. The van der Waals surface area contributed by atoms with Gasteiger partial charge >= 0.3 is 5.97 Å². The number of non-ortho nitro benzene ring substituents is 2. The number of hydrogen-bond acceptors (Lipinski definition) is 8. The molecule has 0 amide bonds. The molecule has 0 saturated carbocycles. The summed E-state index contributed by atoms with van der Waals surface area (Å²) >= 11 is 6.05. The largest absolute Gasteiger partial charge is 0.468 e. The Morgan fingerprint density at radius 2 is 1.66 bits per heavy atom. The van der Waals surface area contributed by atoms with Crippen LogP contribution >= 0.6 is 11.6 Å². The van der Waals surface area contributed by atoms with Crippen LogP contribution in [0.25, 0.3) is 0 Å². The van der Waals surface area contributed by atoms with E-state index < -0.39 is 48.7 Å². The molecule has 0 unspecified atom stereocenters. The highest BCUT2D eigenvalue weighted by Gasteiger charge is 2.32. The van der Waals surface area contributed by atoms with Crippen molar-refractivity contribution < 1.29 is 27.8 Å². The van der Waals surface area contributed by atoms with E-state index >= 15 is 0 Å². The van der Waals surface area contributed by atoms with Gasteiger partial charge in [0.25, 0.3) is 21.4 Å². The Hall–Kier alpha value is -3.25. The molecule has 0 saturated heterocycles. The number of rotatable bonds is 7. The number of anilines is 1. The van der Waals surface area contributed by atoms with Crippen LogP contribution in [0.5, 0.6) is 0 Å². The van der Waals surface area contributed by atoms with Crippen molar-refractivity contribution in [3.8, 4) is 0 Å². The first-order valence-corrected chi connectivity index (χ1v) is 9.59. The van der Waals surface area contributed by atoms with E-state index in [9.17, 15) is 33.4 Å². The van der Waals surface area contributed by atoms with Crippen LogP contribution in [0.1, 0.15) is 5.56 Å². The lowest BCUT2D eigenvalue weighted by atomic mass is 10.2. The van der Waals surface area contributed by atoms with E-state index in [1.165, 1.54) is 13.0 Å². The molecule has 0 atom stereocenters. The number of sulfonamides is 1. The highest BCUT2D eigenvalue weighted by molar-refractivity contribution is 7.93. The summed E-state index contributed by atoms with van der Waals surface area (Å²) in [6.07, 6.45) is 0. The second-order valence-corrected chi connectivity index (χ2v) is 7.93. The summed E-state index contributed by atoms with van der Waals surface area (Å²) in [4.78, 5) is 32.0. The van der Waals surface area contributed by atoms with E-state index in [0.717, 1.165) is 37.4 Å². The third kappa shape index (κ3) is 4.60. The van der Waals surface area contributed by atoms with Gasteiger partial charge in [-0.3, -0.25) is 29.3 Å². The van der Waals surface area contributed by atoms with Crippen LogP contribution in [-0.4, -0.2) is 37.9 Å². The quantitative estimate of drug-likeness (QED) is 0.360. The number of benzene rings is 2. The van der Waals surface area contributed by atoms with Crippen molar-refractivity contribution in [3.05, 3.63) is 67.2 Å². The van der Waals surface area contributed by atoms with Gasteiger partial charge in [-0.15, -0.1) is 0 Å². The predicted octanol–water partition coefficient (Wildman–Crippen LogP) is 2.83. The number of carbonyl (C=O) groups excluding carboxylic acids is 1. The fourth-order valence-corrected chi connectivity index (χ4v) is 4.32. The zero-order valence-corrected chi connectivity index (χ0v) is 16.6. The third-order valence-electron chi connectivity index (χ3n) is 3.86. The molecular formula is C16H14ClN3O8S. The number of carbonyl (C=O) groups is 1. The van der Waals surface area contributed by atoms with Crippen molar-refractivity contribution in [1.29, 1.82) is 0 Å². The smallest absolute Gasteiger partial charge is 0.326 e. The van der Waals surface area contributed by atoms with Gasteiger partial charge < -0.3 is 4.74 Å². The molecule has 0 aromatic heterocycles. The summed E-state index contributed by atoms with van der Waals surface area (Å²) in [7, 11) is -3.56. The average molecular weight is 444 g/mol.